The van der Waals surface area contributed by atoms with Crippen LogP contribution in [0.15, 0.2) is 18.2 Å². The average Bonchev–Trinajstić information content (AvgIpc) is 2.76. The van der Waals surface area contributed by atoms with Crippen molar-refractivity contribution in [3.05, 3.63) is 29.3 Å². The van der Waals surface area contributed by atoms with E-state index in [1.165, 1.54) is 19.3 Å². The lowest BCUT2D eigenvalue weighted by molar-refractivity contribution is -0.124. The van der Waals surface area contributed by atoms with E-state index in [9.17, 15) is 9.59 Å². The molecule has 1 aromatic carbocycles. The molecule has 1 aromatic rings. The van der Waals surface area contributed by atoms with Gasteiger partial charge in [0, 0.05) is 30.9 Å². The molecule has 2 fully saturated rings. The van der Waals surface area contributed by atoms with Crippen LogP contribution in [0.2, 0.25) is 0 Å². The number of aryl methyl sites for hydroxylation is 1. The van der Waals surface area contributed by atoms with Gasteiger partial charge >= 0.3 is 0 Å². The van der Waals surface area contributed by atoms with Crippen LogP contribution in [0, 0.1) is 13.8 Å². The number of carbonyl (C=O) groups excluding carboxylic acids is 2. The van der Waals surface area contributed by atoms with Crippen LogP contribution >= 0.6 is 0 Å². The fourth-order valence-electron chi connectivity index (χ4n) is 4.79. The lowest BCUT2D eigenvalue weighted by Crippen LogP contribution is -2.60. The molecule has 0 radical (unpaired) electrons. The molecule has 31 heavy (non-hydrogen) atoms. The van der Waals surface area contributed by atoms with E-state index in [1.54, 1.807) is 11.9 Å². The Morgan fingerprint density at radius 3 is 2.45 bits per heavy atom. The molecule has 0 spiro atoms. The Bertz CT molecular complexity index is 755. The van der Waals surface area contributed by atoms with E-state index in [-0.39, 0.29) is 30.4 Å². The zero-order valence-corrected chi connectivity index (χ0v) is 19.3. The number of ether oxygens (including phenoxy) is 1. The van der Waals surface area contributed by atoms with Crippen LogP contribution in [0.3, 0.4) is 0 Å². The van der Waals surface area contributed by atoms with Crippen LogP contribution < -0.4 is 10.6 Å². The molecule has 1 saturated carbocycles. The molecule has 0 atom stereocenters. The van der Waals surface area contributed by atoms with E-state index in [0.29, 0.717) is 6.54 Å². The van der Waals surface area contributed by atoms with Crippen LogP contribution in [0.4, 0.5) is 5.69 Å². The number of hydrogen-bond acceptors (Lipinski definition) is 5. The predicted molar refractivity (Wildman–Crippen MR) is 123 cm³/mol. The summed E-state index contributed by atoms with van der Waals surface area (Å²) in [5, 5.41) is 6.12. The molecule has 2 N–H and O–H groups in total. The van der Waals surface area contributed by atoms with Gasteiger partial charge in [0.1, 0.15) is 0 Å². The first-order valence-corrected chi connectivity index (χ1v) is 11.5. The van der Waals surface area contributed by atoms with Crippen molar-refractivity contribution in [2.75, 3.05) is 58.3 Å². The van der Waals surface area contributed by atoms with E-state index in [1.807, 2.05) is 32.0 Å². The summed E-state index contributed by atoms with van der Waals surface area (Å²) in [5.74, 6) is -0.138. The number of amides is 2. The molecular weight excluding hydrogens is 392 g/mol. The molecule has 1 heterocycles. The van der Waals surface area contributed by atoms with E-state index in [4.69, 9.17) is 4.74 Å². The van der Waals surface area contributed by atoms with E-state index in [0.717, 1.165) is 56.0 Å². The normalized spacial score (nSPS) is 19.2. The van der Waals surface area contributed by atoms with Crippen molar-refractivity contribution in [2.24, 2.45) is 0 Å². The Kier molecular flexibility index (Phi) is 8.46. The number of rotatable bonds is 8. The van der Waals surface area contributed by atoms with Crippen molar-refractivity contribution in [3.8, 4) is 0 Å². The van der Waals surface area contributed by atoms with Crippen molar-refractivity contribution in [2.45, 2.75) is 51.5 Å². The number of carbonyl (C=O) groups is 2. The van der Waals surface area contributed by atoms with Gasteiger partial charge in [0.25, 0.3) is 0 Å². The highest BCUT2D eigenvalue weighted by Crippen LogP contribution is 2.33. The van der Waals surface area contributed by atoms with Gasteiger partial charge in [0.15, 0.2) is 0 Å². The number of nitrogens with one attached hydrogen (secondary N) is 2. The summed E-state index contributed by atoms with van der Waals surface area (Å²) >= 11 is 0. The maximum atomic E-state index is 12.6. The van der Waals surface area contributed by atoms with Crippen LogP contribution in [-0.4, -0.2) is 80.1 Å². The lowest BCUT2D eigenvalue weighted by atomic mass is 9.79. The van der Waals surface area contributed by atoms with Crippen molar-refractivity contribution >= 4 is 17.5 Å². The van der Waals surface area contributed by atoms with Gasteiger partial charge in [-0.3, -0.25) is 19.4 Å². The van der Waals surface area contributed by atoms with Crippen molar-refractivity contribution in [1.29, 1.82) is 0 Å². The number of anilines is 1. The number of nitrogens with zero attached hydrogens (tertiary/aromatic N) is 2. The summed E-state index contributed by atoms with van der Waals surface area (Å²) in [5.41, 5.74) is 3.09. The fraction of sp³-hybridized carbons (Fsp3) is 0.667. The summed E-state index contributed by atoms with van der Waals surface area (Å²) in [6.45, 7) is 8.50. The molecule has 1 aliphatic carbocycles. The second-order valence-corrected chi connectivity index (χ2v) is 9.13. The first-order valence-electron chi connectivity index (χ1n) is 11.5. The first-order chi connectivity index (χ1) is 14.9. The number of hydrogen-bond donors (Lipinski definition) is 2. The molecule has 7 heteroatoms. The minimum absolute atomic E-state index is 0.0276. The monoisotopic (exact) mass is 430 g/mol. The Morgan fingerprint density at radius 2 is 1.74 bits per heavy atom. The SMILES string of the molecule is Cc1cccc(NC(=O)CN(C)CC(=O)NCC2(N3CCOCC3)CCCCC2)c1C. The van der Waals surface area contributed by atoms with Gasteiger partial charge in [-0.05, 0) is 50.9 Å². The van der Waals surface area contributed by atoms with Crippen molar-refractivity contribution in [1.82, 2.24) is 15.1 Å². The highest BCUT2D eigenvalue weighted by atomic mass is 16.5. The minimum Gasteiger partial charge on any atom is -0.379 e. The summed E-state index contributed by atoms with van der Waals surface area (Å²) in [6, 6.07) is 5.87. The van der Waals surface area contributed by atoms with Gasteiger partial charge in [-0.2, -0.15) is 0 Å². The van der Waals surface area contributed by atoms with E-state index in [2.05, 4.69) is 15.5 Å². The summed E-state index contributed by atoms with van der Waals surface area (Å²) in [4.78, 5) is 29.3. The average molecular weight is 431 g/mol. The maximum Gasteiger partial charge on any atom is 0.238 e. The number of likely N-dealkylation sites (N-methyl/N-ethyl adjacent to an activating group) is 1. The zero-order valence-electron chi connectivity index (χ0n) is 19.3. The second-order valence-electron chi connectivity index (χ2n) is 9.13. The molecule has 172 valence electrons. The van der Waals surface area contributed by atoms with E-state index >= 15 is 0 Å². The lowest BCUT2D eigenvalue weighted by Gasteiger charge is -2.48. The standard InChI is InChI=1S/C24H38N4O3/c1-19-8-7-9-21(20(19)2)26-23(30)17-27(3)16-22(29)25-18-24(10-5-4-6-11-24)28-12-14-31-15-13-28/h7-9H,4-6,10-18H2,1-3H3,(H,25,29)(H,26,30). The Balaban J connectivity index is 1.47. The van der Waals surface area contributed by atoms with Gasteiger partial charge in [-0.1, -0.05) is 31.4 Å². The molecule has 3 rings (SSSR count). The third-order valence-electron chi connectivity index (χ3n) is 6.79. The second kappa shape index (κ2) is 11.1. The third kappa shape index (κ3) is 6.51. The van der Waals surface area contributed by atoms with Gasteiger partial charge in [0.2, 0.25) is 11.8 Å². The summed E-state index contributed by atoms with van der Waals surface area (Å²) in [6.07, 6.45) is 5.96. The quantitative estimate of drug-likeness (QED) is 0.662. The summed E-state index contributed by atoms with van der Waals surface area (Å²) < 4.78 is 5.53. The number of benzene rings is 1. The van der Waals surface area contributed by atoms with Crippen LogP contribution in [0.1, 0.15) is 43.2 Å². The molecule has 1 aliphatic heterocycles. The third-order valence-corrected chi connectivity index (χ3v) is 6.79. The molecule has 0 unspecified atom stereocenters. The smallest absolute Gasteiger partial charge is 0.238 e. The molecule has 0 bridgehead atoms. The number of morpholine rings is 1. The Morgan fingerprint density at radius 1 is 1.06 bits per heavy atom. The van der Waals surface area contributed by atoms with Gasteiger partial charge in [-0.15, -0.1) is 0 Å². The molecule has 2 amide bonds. The van der Waals surface area contributed by atoms with Gasteiger partial charge in [-0.25, -0.2) is 0 Å². The maximum absolute atomic E-state index is 12.6. The Labute approximate surface area is 186 Å². The summed E-state index contributed by atoms with van der Waals surface area (Å²) in [7, 11) is 1.81. The van der Waals surface area contributed by atoms with Gasteiger partial charge < -0.3 is 15.4 Å². The molecule has 0 aromatic heterocycles. The van der Waals surface area contributed by atoms with Crippen LogP contribution in [0.25, 0.3) is 0 Å². The Hall–Kier alpha value is -1.96. The largest absolute Gasteiger partial charge is 0.379 e. The van der Waals surface area contributed by atoms with Crippen molar-refractivity contribution in [3.63, 3.8) is 0 Å². The highest BCUT2D eigenvalue weighted by molar-refractivity contribution is 5.93. The van der Waals surface area contributed by atoms with E-state index < -0.39 is 0 Å². The fourth-order valence-corrected chi connectivity index (χ4v) is 4.79. The molecule has 2 aliphatic rings. The first kappa shape index (κ1) is 23.7. The van der Waals surface area contributed by atoms with Crippen LogP contribution in [0.5, 0.6) is 0 Å². The van der Waals surface area contributed by atoms with Crippen molar-refractivity contribution < 1.29 is 14.3 Å². The molecule has 1 saturated heterocycles. The zero-order chi connectivity index (χ0) is 22.3. The predicted octanol–water partition coefficient (Wildman–Crippen LogP) is 2.33. The van der Waals surface area contributed by atoms with Crippen LogP contribution in [-0.2, 0) is 14.3 Å². The topological polar surface area (TPSA) is 73.9 Å². The highest BCUT2D eigenvalue weighted by Gasteiger charge is 2.38. The van der Waals surface area contributed by atoms with Gasteiger partial charge in [0.05, 0.1) is 26.3 Å². The minimum atomic E-state index is -0.110. The molecule has 7 nitrogen and oxygen atoms in total. The molecular formula is C24H38N4O3.